The van der Waals surface area contributed by atoms with E-state index >= 15 is 0 Å². The molecule has 3 heterocycles. The maximum Gasteiger partial charge on any atom is 0.227 e. The monoisotopic (exact) mass is 400 g/mol. The number of aryl methyl sites for hydroxylation is 1. The Labute approximate surface area is 172 Å². The molecule has 1 unspecified atom stereocenters. The van der Waals surface area contributed by atoms with Crippen LogP contribution in [0.3, 0.4) is 0 Å². The number of halogens is 1. The van der Waals surface area contributed by atoms with E-state index in [1.165, 1.54) is 37.9 Å². The van der Waals surface area contributed by atoms with Crippen LogP contribution < -0.4 is 5.32 Å². The van der Waals surface area contributed by atoms with Crippen LogP contribution in [0.5, 0.6) is 0 Å². The Bertz CT molecular complexity index is 756. The van der Waals surface area contributed by atoms with E-state index in [9.17, 15) is 0 Å². The summed E-state index contributed by atoms with van der Waals surface area (Å²) in [5, 5.41) is 3.93. The van der Waals surface area contributed by atoms with Crippen LogP contribution in [0, 0.1) is 0 Å². The molecule has 1 aromatic carbocycles. The third-order valence-corrected chi connectivity index (χ3v) is 5.92. The molecule has 150 valence electrons. The Morgan fingerprint density at radius 3 is 2.68 bits per heavy atom. The third-order valence-electron chi connectivity index (χ3n) is 5.61. The van der Waals surface area contributed by atoms with E-state index < -0.39 is 0 Å². The first-order valence-corrected chi connectivity index (χ1v) is 10.9. The van der Waals surface area contributed by atoms with E-state index in [1.54, 1.807) is 6.20 Å². The van der Waals surface area contributed by atoms with Crippen LogP contribution in [0.1, 0.15) is 49.8 Å². The second-order valence-electron chi connectivity index (χ2n) is 7.82. The van der Waals surface area contributed by atoms with Gasteiger partial charge in [0.2, 0.25) is 5.95 Å². The zero-order valence-electron chi connectivity index (χ0n) is 16.4. The Hall–Kier alpha value is -1.69. The molecule has 4 rings (SSSR count). The SMILES string of the molecule is Clc1cnc(Nc2ccc(CN3CCCCC3)cc2)nc1CCC1CCCO1. The van der Waals surface area contributed by atoms with Crippen molar-refractivity contribution in [2.24, 2.45) is 0 Å². The van der Waals surface area contributed by atoms with E-state index in [0.717, 1.165) is 50.2 Å². The number of nitrogens with zero attached hydrogens (tertiary/aromatic N) is 3. The van der Waals surface area contributed by atoms with Crippen molar-refractivity contribution in [2.75, 3.05) is 25.0 Å². The number of aromatic nitrogens is 2. The fraction of sp³-hybridized carbons (Fsp3) is 0.545. The van der Waals surface area contributed by atoms with Gasteiger partial charge in [-0.2, -0.15) is 0 Å². The first-order chi connectivity index (χ1) is 13.8. The second kappa shape index (κ2) is 9.68. The van der Waals surface area contributed by atoms with Crippen LogP contribution in [0.2, 0.25) is 5.02 Å². The molecule has 0 amide bonds. The molecular formula is C22H29ClN4O. The highest BCUT2D eigenvalue weighted by molar-refractivity contribution is 6.31. The molecule has 0 bridgehead atoms. The summed E-state index contributed by atoms with van der Waals surface area (Å²) in [6.07, 6.45) is 10.1. The van der Waals surface area contributed by atoms with Gasteiger partial charge in [0, 0.05) is 18.8 Å². The van der Waals surface area contributed by atoms with Gasteiger partial charge in [0.15, 0.2) is 0 Å². The van der Waals surface area contributed by atoms with Gasteiger partial charge < -0.3 is 10.1 Å². The fourth-order valence-electron chi connectivity index (χ4n) is 4.01. The molecule has 0 aliphatic carbocycles. The van der Waals surface area contributed by atoms with Crippen LogP contribution in [0.15, 0.2) is 30.5 Å². The number of piperidine rings is 1. The molecule has 6 heteroatoms. The molecule has 0 spiro atoms. The summed E-state index contributed by atoms with van der Waals surface area (Å²) in [6.45, 7) is 4.34. The number of rotatable bonds is 7. The number of ether oxygens (including phenoxy) is 1. The minimum atomic E-state index is 0.342. The normalized spacial score (nSPS) is 20.4. The van der Waals surface area contributed by atoms with Gasteiger partial charge in [-0.1, -0.05) is 30.2 Å². The zero-order valence-corrected chi connectivity index (χ0v) is 17.1. The molecule has 0 saturated carbocycles. The van der Waals surface area contributed by atoms with Gasteiger partial charge >= 0.3 is 0 Å². The molecule has 2 saturated heterocycles. The van der Waals surface area contributed by atoms with Gasteiger partial charge in [-0.3, -0.25) is 4.90 Å². The number of nitrogens with one attached hydrogen (secondary N) is 1. The summed E-state index contributed by atoms with van der Waals surface area (Å²) in [4.78, 5) is 11.5. The van der Waals surface area contributed by atoms with Gasteiger partial charge in [0.05, 0.1) is 23.0 Å². The molecule has 2 aliphatic heterocycles. The largest absolute Gasteiger partial charge is 0.378 e. The van der Waals surface area contributed by atoms with Crippen molar-refractivity contribution < 1.29 is 4.74 Å². The number of likely N-dealkylation sites (tertiary alicyclic amines) is 1. The van der Waals surface area contributed by atoms with E-state index in [1.807, 2.05) is 0 Å². The van der Waals surface area contributed by atoms with Gasteiger partial charge in [0.25, 0.3) is 0 Å². The smallest absolute Gasteiger partial charge is 0.227 e. The van der Waals surface area contributed by atoms with Crippen LogP contribution in [0.4, 0.5) is 11.6 Å². The minimum absolute atomic E-state index is 0.342. The zero-order chi connectivity index (χ0) is 19.2. The highest BCUT2D eigenvalue weighted by Gasteiger charge is 2.17. The first-order valence-electron chi connectivity index (χ1n) is 10.5. The predicted octanol–water partition coefficient (Wildman–Crippen LogP) is 4.97. The lowest BCUT2D eigenvalue weighted by molar-refractivity contribution is 0.104. The quantitative estimate of drug-likeness (QED) is 0.710. The second-order valence-corrected chi connectivity index (χ2v) is 8.23. The molecule has 1 N–H and O–H groups in total. The van der Waals surface area contributed by atoms with E-state index in [2.05, 4.69) is 44.5 Å². The van der Waals surface area contributed by atoms with Gasteiger partial charge in [-0.15, -0.1) is 0 Å². The third kappa shape index (κ3) is 5.43. The van der Waals surface area contributed by atoms with Crippen molar-refractivity contribution in [3.63, 3.8) is 0 Å². The minimum Gasteiger partial charge on any atom is -0.378 e. The van der Waals surface area contributed by atoms with E-state index in [-0.39, 0.29) is 0 Å². The average molecular weight is 401 g/mol. The number of hydrogen-bond acceptors (Lipinski definition) is 5. The van der Waals surface area contributed by atoms with Crippen molar-refractivity contribution in [1.29, 1.82) is 0 Å². The van der Waals surface area contributed by atoms with Gasteiger partial charge in [0.1, 0.15) is 0 Å². The molecule has 2 aromatic rings. The molecule has 2 fully saturated rings. The molecule has 0 radical (unpaired) electrons. The van der Waals surface area contributed by atoms with Gasteiger partial charge in [-0.05, 0) is 69.3 Å². The highest BCUT2D eigenvalue weighted by atomic mass is 35.5. The van der Waals surface area contributed by atoms with Crippen molar-refractivity contribution in [3.05, 3.63) is 46.7 Å². The standard InChI is InChI=1S/C22H29ClN4O/c23-20-15-24-22(26-21(20)11-10-19-5-4-14-28-19)25-18-8-6-17(7-9-18)16-27-12-2-1-3-13-27/h6-9,15,19H,1-5,10-14,16H2,(H,24,25,26). The summed E-state index contributed by atoms with van der Waals surface area (Å²) in [7, 11) is 0. The lowest BCUT2D eigenvalue weighted by Gasteiger charge is -2.26. The Morgan fingerprint density at radius 2 is 1.93 bits per heavy atom. The van der Waals surface area contributed by atoms with Gasteiger partial charge in [-0.25, -0.2) is 9.97 Å². The van der Waals surface area contributed by atoms with Crippen molar-refractivity contribution in [3.8, 4) is 0 Å². The van der Waals surface area contributed by atoms with Crippen LogP contribution in [0.25, 0.3) is 0 Å². The summed E-state index contributed by atoms with van der Waals surface area (Å²) in [6, 6.07) is 8.57. The van der Waals surface area contributed by atoms with Crippen LogP contribution in [-0.4, -0.2) is 40.7 Å². The lowest BCUT2D eigenvalue weighted by atomic mass is 10.1. The van der Waals surface area contributed by atoms with Crippen molar-refractivity contribution in [1.82, 2.24) is 14.9 Å². The topological polar surface area (TPSA) is 50.3 Å². The molecule has 5 nitrogen and oxygen atoms in total. The molecular weight excluding hydrogens is 372 g/mol. The fourth-order valence-corrected chi connectivity index (χ4v) is 4.19. The lowest BCUT2D eigenvalue weighted by Crippen LogP contribution is -2.29. The summed E-state index contributed by atoms with van der Waals surface area (Å²) >= 11 is 6.30. The maximum absolute atomic E-state index is 6.30. The molecule has 2 aliphatic rings. The number of anilines is 2. The molecule has 1 aromatic heterocycles. The maximum atomic E-state index is 6.30. The first kappa shape index (κ1) is 19.6. The van der Waals surface area contributed by atoms with Crippen molar-refractivity contribution in [2.45, 2.75) is 57.6 Å². The molecule has 1 atom stereocenters. The number of benzene rings is 1. The van der Waals surface area contributed by atoms with E-state index in [0.29, 0.717) is 17.1 Å². The summed E-state index contributed by atoms with van der Waals surface area (Å²) < 4.78 is 5.70. The summed E-state index contributed by atoms with van der Waals surface area (Å²) in [5.41, 5.74) is 3.23. The number of hydrogen-bond donors (Lipinski definition) is 1. The molecule has 28 heavy (non-hydrogen) atoms. The Balaban J connectivity index is 1.34. The summed E-state index contributed by atoms with van der Waals surface area (Å²) in [5.74, 6) is 0.593. The Kier molecular flexibility index (Phi) is 6.78. The van der Waals surface area contributed by atoms with Crippen molar-refractivity contribution >= 4 is 23.2 Å². The Morgan fingerprint density at radius 1 is 1.11 bits per heavy atom. The van der Waals surface area contributed by atoms with Crippen LogP contribution >= 0.6 is 11.6 Å². The van der Waals surface area contributed by atoms with Crippen LogP contribution in [-0.2, 0) is 17.7 Å². The predicted molar refractivity (Wildman–Crippen MR) is 113 cm³/mol. The van der Waals surface area contributed by atoms with E-state index in [4.69, 9.17) is 16.3 Å². The average Bonchev–Trinajstić information content (AvgIpc) is 3.24. The highest BCUT2D eigenvalue weighted by Crippen LogP contribution is 2.23.